The van der Waals surface area contributed by atoms with Crippen LogP contribution in [-0.4, -0.2) is 22.8 Å². The number of ketones is 2. The van der Waals surface area contributed by atoms with Gasteiger partial charge in [-0.05, 0) is 90.3 Å². The van der Waals surface area contributed by atoms with Crippen LogP contribution in [0.25, 0.3) is 0 Å². The lowest BCUT2D eigenvalue weighted by Crippen LogP contribution is -2.70. The first-order chi connectivity index (χ1) is 14.6. The maximum atomic E-state index is 14.1. The first-order valence-corrected chi connectivity index (χ1v) is 13.4. The van der Waals surface area contributed by atoms with Gasteiger partial charge in [0.15, 0.2) is 5.78 Å². The summed E-state index contributed by atoms with van der Waals surface area (Å²) in [5, 5.41) is 10.9. The molecule has 32 heavy (non-hydrogen) atoms. The molecule has 0 bridgehead atoms. The van der Waals surface area contributed by atoms with Crippen molar-refractivity contribution in [3.05, 3.63) is 0 Å². The maximum absolute atomic E-state index is 14.1. The van der Waals surface area contributed by atoms with Gasteiger partial charge < -0.3 is 5.11 Å². The Morgan fingerprint density at radius 1 is 0.719 bits per heavy atom. The Morgan fingerprint density at radius 2 is 1.34 bits per heavy atom. The molecule has 0 aromatic heterocycles. The van der Waals surface area contributed by atoms with Crippen molar-refractivity contribution < 1.29 is 14.7 Å². The van der Waals surface area contributed by atoms with Gasteiger partial charge in [0.25, 0.3) is 0 Å². The van der Waals surface area contributed by atoms with E-state index in [1.807, 2.05) is 6.92 Å². The Hall–Kier alpha value is -0.700. The number of fused-ring (bicyclic) bond motifs is 7. The predicted molar refractivity (Wildman–Crippen MR) is 127 cm³/mol. The van der Waals surface area contributed by atoms with Gasteiger partial charge in [-0.1, -0.05) is 48.5 Å². The van der Waals surface area contributed by atoms with Crippen LogP contribution in [0.1, 0.15) is 113 Å². The molecule has 0 aliphatic heterocycles. The minimum absolute atomic E-state index is 0.00240. The fourth-order valence-corrected chi connectivity index (χ4v) is 10.7. The van der Waals surface area contributed by atoms with Crippen molar-refractivity contribution in [2.75, 3.05) is 0 Å². The smallest absolute Gasteiger partial charge is 0.161 e. The lowest BCUT2D eigenvalue weighted by atomic mass is 9.30. The molecule has 5 saturated carbocycles. The zero-order valence-electron chi connectivity index (χ0n) is 21.6. The van der Waals surface area contributed by atoms with Crippen LogP contribution in [0.4, 0.5) is 0 Å². The van der Waals surface area contributed by atoms with Crippen molar-refractivity contribution in [3.63, 3.8) is 0 Å². The summed E-state index contributed by atoms with van der Waals surface area (Å²) >= 11 is 0. The number of aliphatic hydroxyl groups excluding tert-OH is 1. The highest BCUT2D eigenvalue weighted by Crippen LogP contribution is 2.77. The molecule has 0 aromatic carbocycles. The Kier molecular flexibility index (Phi) is 4.68. The van der Waals surface area contributed by atoms with Crippen LogP contribution in [0, 0.1) is 50.2 Å². The summed E-state index contributed by atoms with van der Waals surface area (Å²) in [6.45, 7) is 16.9. The first-order valence-electron chi connectivity index (χ1n) is 13.4. The SMILES string of the molecule is CC1(C)CCC2(C)CCC3(C)C4C(=O)CC5(C)C(O)C(=O)CCC5C4(C)CCC3(C)C2C1. The second-order valence-electron chi connectivity index (χ2n) is 15.0. The van der Waals surface area contributed by atoms with Crippen LogP contribution in [0.5, 0.6) is 0 Å². The molecule has 0 spiro atoms. The summed E-state index contributed by atoms with van der Waals surface area (Å²) in [5.41, 5.74) is 0.263. The van der Waals surface area contributed by atoms with Crippen molar-refractivity contribution in [3.8, 4) is 0 Å². The Bertz CT molecular complexity index is 860. The topological polar surface area (TPSA) is 54.4 Å². The molecule has 9 unspecified atom stereocenters. The lowest BCUT2D eigenvalue weighted by Gasteiger charge is -2.73. The molecule has 180 valence electrons. The third-order valence-corrected chi connectivity index (χ3v) is 12.8. The summed E-state index contributed by atoms with van der Waals surface area (Å²) in [4.78, 5) is 26.6. The van der Waals surface area contributed by atoms with Crippen molar-refractivity contribution in [1.29, 1.82) is 0 Å². The molecular formula is C29H46O3. The number of carbonyl (C=O) groups excluding carboxylic acids is 2. The van der Waals surface area contributed by atoms with Gasteiger partial charge in [-0.2, -0.15) is 0 Å². The molecule has 0 saturated heterocycles. The third-order valence-electron chi connectivity index (χ3n) is 12.8. The summed E-state index contributed by atoms with van der Waals surface area (Å²) in [7, 11) is 0. The van der Waals surface area contributed by atoms with E-state index in [9.17, 15) is 14.7 Å². The van der Waals surface area contributed by atoms with E-state index < -0.39 is 11.5 Å². The first kappa shape index (κ1) is 23.1. The fraction of sp³-hybridized carbons (Fsp3) is 0.931. The summed E-state index contributed by atoms with van der Waals surface area (Å²) in [6.07, 6.45) is 9.26. The van der Waals surface area contributed by atoms with Gasteiger partial charge in [0, 0.05) is 24.2 Å². The van der Waals surface area contributed by atoms with E-state index in [1.165, 1.54) is 32.1 Å². The Balaban J connectivity index is 1.59. The Labute approximate surface area is 195 Å². The van der Waals surface area contributed by atoms with Crippen molar-refractivity contribution >= 4 is 11.6 Å². The van der Waals surface area contributed by atoms with Crippen LogP contribution in [0.15, 0.2) is 0 Å². The normalized spacial score (nSPS) is 57.1. The second kappa shape index (κ2) is 6.49. The van der Waals surface area contributed by atoms with E-state index in [0.29, 0.717) is 35.4 Å². The molecule has 5 aliphatic carbocycles. The molecule has 3 nitrogen and oxygen atoms in total. The predicted octanol–water partition coefficient (Wildman–Crippen LogP) is 6.36. The molecule has 1 N–H and O–H groups in total. The number of aliphatic hydroxyl groups is 1. The zero-order chi connectivity index (χ0) is 23.5. The summed E-state index contributed by atoms with van der Waals surface area (Å²) < 4.78 is 0. The van der Waals surface area contributed by atoms with Crippen molar-refractivity contribution in [1.82, 2.24) is 0 Å². The number of hydrogen-bond donors (Lipinski definition) is 1. The van der Waals surface area contributed by atoms with Crippen LogP contribution < -0.4 is 0 Å². The molecule has 5 fully saturated rings. The minimum Gasteiger partial charge on any atom is -0.385 e. The highest BCUT2D eigenvalue weighted by Gasteiger charge is 2.73. The van der Waals surface area contributed by atoms with E-state index in [2.05, 4.69) is 41.5 Å². The molecule has 5 rings (SSSR count). The average Bonchev–Trinajstić information content (AvgIpc) is 2.69. The second-order valence-corrected chi connectivity index (χ2v) is 15.0. The minimum atomic E-state index is -0.974. The van der Waals surface area contributed by atoms with Crippen molar-refractivity contribution in [2.45, 2.75) is 119 Å². The monoisotopic (exact) mass is 442 g/mol. The van der Waals surface area contributed by atoms with Crippen molar-refractivity contribution in [2.24, 2.45) is 50.2 Å². The van der Waals surface area contributed by atoms with Gasteiger partial charge in [0.05, 0.1) is 0 Å². The van der Waals surface area contributed by atoms with E-state index in [-0.39, 0.29) is 33.9 Å². The van der Waals surface area contributed by atoms with Crippen LogP contribution in [0.3, 0.4) is 0 Å². The third kappa shape index (κ3) is 2.64. The van der Waals surface area contributed by atoms with Gasteiger partial charge in [0.2, 0.25) is 0 Å². The van der Waals surface area contributed by atoms with E-state index in [1.54, 1.807) is 0 Å². The number of hydrogen-bond acceptors (Lipinski definition) is 3. The largest absolute Gasteiger partial charge is 0.385 e. The molecular weight excluding hydrogens is 396 g/mol. The van der Waals surface area contributed by atoms with Gasteiger partial charge in [-0.3, -0.25) is 9.59 Å². The number of rotatable bonds is 0. The maximum Gasteiger partial charge on any atom is 0.161 e. The molecule has 3 heteroatoms. The molecule has 5 aliphatic rings. The molecule has 0 radical (unpaired) electrons. The molecule has 0 aromatic rings. The standard InChI is InChI=1S/C29H46O3/c1-24(2)10-11-25(3)12-14-29(7)22-19(31)16-27(5)20(9-8-18(30)23(27)32)26(22,4)13-15-28(29,6)21(25)17-24/h20-23,32H,8-17H2,1-7H3. The van der Waals surface area contributed by atoms with E-state index in [4.69, 9.17) is 0 Å². The molecule has 9 atom stereocenters. The number of Topliss-reactive ketones (excluding diaryl/α,β-unsaturated/α-hetero) is 2. The van der Waals surface area contributed by atoms with Gasteiger partial charge in [0.1, 0.15) is 11.9 Å². The molecule has 0 amide bonds. The van der Waals surface area contributed by atoms with E-state index in [0.717, 1.165) is 19.3 Å². The highest BCUT2D eigenvalue weighted by atomic mass is 16.3. The fourth-order valence-electron chi connectivity index (χ4n) is 10.7. The number of carbonyl (C=O) groups is 2. The average molecular weight is 443 g/mol. The van der Waals surface area contributed by atoms with Gasteiger partial charge in [-0.15, -0.1) is 0 Å². The van der Waals surface area contributed by atoms with Gasteiger partial charge in [-0.25, -0.2) is 0 Å². The van der Waals surface area contributed by atoms with E-state index >= 15 is 0 Å². The highest BCUT2D eigenvalue weighted by molar-refractivity contribution is 5.89. The van der Waals surface area contributed by atoms with Gasteiger partial charge >= 0.3 is 0 Å². The molecule has 0 heterocycles. The quantitative estimate of drug-likeness (QED) is 0.475. The van der Waals surface area contributed by atoms with Crippen LogP contribution in [-0.2, 0) is 9.59 Å². The summed E-state index contributed by atoms with van der Waals surface area (Å²) in [6, 6.07) is 0. The lowest BCUT2D eigenvalue weighted by molar-refractivity contribution is -0.249. The van der Waals surface area contributed by atoms with Crippen LogP contribution >= 0.6 is 0 Å². The van der Waals surface area contributed by atoms with Crippen LogP contribution in [0.2, 0.25) is 0 Å². The summed E-state index contributed by atoms with van der Waals surface area (Å²) in [5.74, 6) is 1.27. The zero-order valence-corrected chi connectivity index (χ0v) is 21.6. The Morgan fingerprint density at radius 3 is 2.03 bits per heavy atom.